The van der Waals surface area contributed by atoms with Crippen molar-refractivity contribution in [2.24, 2.45) is 10.8 Å². The topological polar surface area (TPSA) is 63.3 Å². The van der Waals surface area contributed by atoms with Crippen molar-refractivity contribution >= 4 is 27.5 Å². The van der Waals surface area contributed by atoms with Crippen LogP contribution in [0.5, 0.6) is 0 Å². The smallest absolute Gasteiger partial charge is 0.164 e. The zero-order valence-electron chi connectivity index (χ0n) is 30.6. The van der Waals surface area contributed by atoms with Crippen LogP contribution in [0.3, 0.4) is 0 Å². The molecule has 51 heavy (non-hydrogen) atoms. The van der Waals surface area contributed by atoms with Gasteiger partial charge in [0.2, 0.25) is 0 Å². The minimum absolute atomic E-state index is 0. The number of benzene rings is 4. The second-order valence-electron chi connectivity index (χ2n) is 14.0. The van der Waals surface area contributed by atoms with Gasteiger partial charge in [0, 0.05) is 66.3 Å². The average molecular weight is 855 g/mol. The molecule has 1 aliphatic carbocycles. The quantitative estimate of drug-likeness (QED) is 0.0894. The molecule has 7 rings (SSSR count). The Bertz CT molecular complexity index is 2170. The van der Waals surface area contributed by atoms with Crippen LogP contribution in [-0.4, -0.2) is 15.9 Å². The Kier molecular flexibility index (Phi) is 11.8. The zero-order chi connectivity index (χ0) is 35.5. The van der Waals surface area contributed by atoms with Crippen LogP contribution in [0.15, 0.2) is 113 Å². The van der Waals surface area contributed by atoms with Gasteiger partial charge in [0.15, 0.2) is 5.78 Å². The van der Waals surface area contributed by atoms with Crippen LogP contribution in [0.4, 0.5) is 0 Å². The second kappa shape index (κ2) is 15.9. The predicted octanol–water partition coefficient (Wildman–Crippen LogP) is 12.5. The van der Waals surface area contributed by atoms with Crippen LogP contribution in [-0.2, 0) is 37.7 Å². The largest absolute Gasteiger partial charge is 0.512 e. The van der Waals surface area contributed by atoms with E-state index >= 15 is 0 Å². The molecule has 0 aliphatic heterocycles. The fourth-order valence-corrected chi connectivity index (χ4v) is 6.86. The molecule has 0 atom stereocenters. The van der Waals surface area contributed by atoms with E-state index < -0.39 is 0 Å². The van der Waals surface area contributed by atoms with Gasteiger partial charge in [-0.25, -0.2) is 0 Å². The number of nitrogens with zero attached hydrogens (tertiary/aromatic N) is 1. The van der Waals surface area contributed by atoms with Crippen molar-refractivity contribution in [2.45, 2.75) is 80.1 Å². The second-order valence-corrected chi connectivity index (χ2v) is 14.0. The van der Waals surface area contributed by atoms with Gasteiger partial charge < -0.3 is 9.52 Å². The van der Waals surface area contributed by atoms with Crippen molar-refractivity contribution in [2.75, 3.05) is 0 Å². The Hall–Kier alpha value is -4.31. The number of carbonyl (C=O) groups excluding carboxylic acids is 1. The zero-order valence-corrected chi connectivity index (χ0v) is 33.0. The number of aliphatic hydroxyl groups is 1. The number of aliphatic hydroxyl groups excluding tert-OH is 1. The van der Waals surface area contributed by atoms with Gasteiger partial charge in [0.05, 0.1) is 0 Å². The van der Waals surface area contributed by atoms with Crippen LogP contribution in [0.2, 0.25) is 0 Å². The first-order chi connectivity index (χ1) is 24.2. The molecule has 0 saturated heterocycles. The monoisotopic (exact) mass is 855 g/mol. The van der Waals surface area contributed by atoms with Crippen LogP contribution in [0.25, 0.3) is 55.3 Å². The standard InChI is InChI=1S/C31H20NO.C15H28O2.Ir/c1-2-8-20(9-3-1)27-19-23(18-22-11-5-6-12-24(22)27)30-31-26(16-17-32-30)29-25-13-7-4-10-21(25)14-15-28(29)33-31;1-7-14(5,8-2)12(16)11-13(17)15(6,9-3)10-4;/h1-13,16-17,19H,14-15H2;11,16H,7-10H2,1-6H3;/q-1;;/b;12-11-;. The van der Waals surface area contributed by atoms with Gasteiger partial charge in [-0.15, -0.1) is 23.6 Å². The minimum atomic E-state index is -0.337. The molecule has 0 unspecified atom stereocenters. The molecule has 6 aromatic rings. The van der Waals surface area contributed by atoms with Crippen LogP contribution >= 0.6 is 0 Å². The summed E-state index contributed by atoms with van der Waals surface area (Å²) >= 11 is 0. The summed E-state index contributed by atoms with van der Waals surface area (Å²) in [5.74, 6) is 1.34. The summed E-state index contributed by atoms with van der Waals surface area (Å²) < 4.78 is 6.51. The van der Waals surface area contributed by atoms with Gasteiger partial charge in [0.1, 0.15) is 17.1 Å². The molecule has 1 radical (unpaired) electrons. The number of aryl methyl sites for hydroxylation is 2. The first-order valence-electron chi connectivity index (χ1n) is 18.1. The Balaban J connectivity index is 0.000000242. The summed E-state index contributed by atoms with van der Waals surface area (Å²) in [6.45, 7) is 12.1. The molecule has 0 spiro atoms. The molecule has 0 fully saturated rings. The summed E-state index contributed by atoms with van der Waals surface area (Å²) in [4.78, 5) is 17.0. The summed E-state index contributed by atoms with van der Waals surface area (Å²) in [6, 6.07) is 35.5. The fraction of sp³-hybridized carbons (Fsp3) is 0.304. The molecule has 0 bridgehead atoms. The molecule has 2 aromatic heterocycles. The first kappa shape index (κ1) is 37.9. The molecule has 4 aromatic carbocycles. The van der Waals surface area contributed by atoms with E-state index in [4.69, 9.17) is 9.40 Å². The number of allylic oxidation sites excluding steroid dienone is 2. The fourth-order valence-electron chi connectivity index (χ4n) is 6.86. The van der Waals surface area contributed by atoms with E-state index in [1.54, 1.807) is 0 Å². The number of pyridine rings is 1. The van der Waals surface area contributed by atoms with Crippen LogP contribution in [0, 0.1) is 16.9 Å². The molecule has 0 saturated carbocycles. The van der Waals surface area contributed by atoms with E-state index in [1.165, 1.54) is 39.3 Å². The first-order valence-corrected chi connectivity index (χ1v) is 18.1. The van der Waals surface area contributed by atoms with E-state index in [0.29, 0.717) is 0 Å². The van der Waals surface area contributed by atoms with Crippen molar-refractivity contribution in [3.05, 3.63) is 126 Å². The van der Waals surface area contributed by atoms with Crippen molar-refractivity contribution in [1.29, 1.82) is 0 Å². The van der Waals surface area contributed by atoms with Crippen molar-refractivity contribution in [1.82, 2.24) is 4.98 Å². The van der Waals surface area contributed by atoms with Gasteiger partial charge in [0.25, 0.3) is 0 Å². The number of carbonyl (C=O) groups is 1. The molecule has 0 amide bonds. The Morgan fingerprint density at radius 1 is 0.804 bits per heavy atom. The Morgan fingerprint density at radius 3 is 2.16 bits per heavy atom. The summed E-state index contributed by atoms with van der Waals surface area (Å²) in [5.41, 5.74) is 8.30. The number of hydrogen-bond acceptors (Lipinski definition) is 4. The third-order valence-electron chi connectivity index (χ3n) is 11.3. The van der Waals surface area contributed by atoms with Gasteiger partial charge in [-0.2, -0.15) is 0 Å². The molecule has 5 heteroatoms. The van der Waals surface area contributed by atoms with E-state index in [2.05, 4.69) is 97.1 Å². The van der Waals surface area contributed by atoms with Gasteiger partial charge in [-0.1, -0.05) is 131 Å². The number of fused-ring (bicyclic) bond motifs is 6. The van der Waals surface area contributed by atoms with Gasteiger partial charge in [-0.05, 0) is 54.9 Å². The normalized spacial score (nSPS) is 12.8. The summed E-state index contributed by atoms with van der Waals surface area (Å²) in [7, 11) is 0. The number of aromatic nitrogens is 1. The number of rotatable bonds is 9. The van der Waals surface area contributed by atoms with Crippen molar-refractivity contribution in [3.8, 4) is 33.5 Å². The van der Waals surface area contributed by atoms with Gasteiger partial charge >= 0.3 is 0 Å². The van der Waals surface area contributed by atoms with Crippen molar-refractivity contribution in [3.63, 3.8) is 0 Å². The molecular weight excluding hydrogens is 807 g/mol. The molecule has 1 N–H and O–H groups in total. The Labute approximate surface area is 316 Å². The number of hydrogen-bond donors (Lipinski definition) is 1. The molecular formula is C46H48IrNO3-. The summed E-state index contributed by atoms with van der Waals surface area (Å²) in [6.07, 6.45) is 8.57. The summed E-state index contributed by atoms with van der Waals surface area (Å²) in [5, 5.41) is 13.5. The molecule has 1 aliphatic rings. The number of furan rings is 1. The average Bonchev–Trinajstić information content (AvgIpc) is 3.57. The number of ketones is 1. The van der Waals surface area contributed by atoms with E-state index in [0.717, 1.165) is 71.9 Å². The maximum absolute atomic E-state index is 12.2. The van der Waals surface area contributed by atoms with E-state index in [1.807, 2.05) is 47.7 Å². The molecule has 4 nitrogen and oxygen atoms in total. The van der Waals surface area contributed by atoms with E-state index in [-0.39, 0.29) is 42.5 Å². The van der Waals surface area contributed by atoms with E-state index in [9.17, 15) is 9.90 Å². The van der Waals surface area contributed by atoms with Crippen LogP contribution < -0.4 is 0 Å². The molecule has 265 valence electrons. The molecule has 2 heterocycles. The maximum Gasteiger partial charge on any atom is 0.164 e. The maximum atomic E-state index is 12.2. The van der Waals surface area contributed by atoms with Crippen LogP contribution in [0.1, 0.15) is 78.5 Å². The van der Waals surface area contributed by atoms with Gasteiger partial charge in [-0.3, -0.25) is 9.78 Å². The SMILES string of the molecule is CCC(C)(CC)C(=O)/C=C(\O)C(C)(CC)CC.[Ir].[c-]1c(-c2nccc3c4c(oc23)CCc2ccccc2-4)cc(-c2ccccc2)c2ccccc12. The third-order valence-corrected chi connectivity index (χ3v) is 11.3. The predicted molar refractivity (Wildman–Crippen MR) is 207 cm³/mol. The Morgan fingerprint density at radius 2 is 1.45 bits per heavy atom. The third kappa shape index (κ3) is 7.38. The van der Waals surface area contributed by atoms with Crippen molar-refractivity contribution < 1.29 is 34.4 Å². The minimum Gasteiger partial charge on any atom is -0.512 e.